The molecule has 94 valence electrons. The average molecular weight is 230 g/mol. The molecule has 2 N–H and O–H groups in total. The molecule has 1 amide bonds. The number of hydrogen-bond donors (Lipinski definition) is 2. The zero-order chi connectivity index (χ0) is 12.7. The molecule has 16 heavy (non-hydrogen) atoms. The molecule has 0 bridgehead atoms. The SMILES string of the molecule is CCCN(C)C(=O)CC(NC(C)C)C(=O)O. The Labute approximate surface area is 96.8 Å². The van der Waals surface area contributed by atoms with Gasteiger partial charge in [-0.05, 0) is 6.42 Å². The van der Waals surface area contributed by atoms with E-state index in [4.69, 9.17) is 5.11 Å². The molecule has 1 unspecified atom stereocenters. The fourth-order valence-corrected chi connectivity index (χ4v) is 1.41. The van der Waals surface area contributed by atoms with Crippen molar-refractivity contribution in [3.8, 4) is 0 Å². The van der Waals surface area contributed by atoms with Crippen molar-refractivity contribution >= 4 is 11.9 Å². The van der Waals surface area contributed by atoms with Gasteiger partial charge in [0.1, 0.15) is 6.04 Å². The molecule has 0 aromatic carbocycles. The third-order valence-corrected chi connectivity index (χ3v) is 2.20. The van der Waals surface area contributed by atoms with E-state index in [0.717, 1.165) is 6.42 Å². The maximum atomic E-state index is 11.7. The van der Waals surface area contributed by atoms with Crippen LogP contribution in [0.2, 0.25) is 0 Å². The van der Waals surface area contributed by atoms with E-state index in [1.54, 1.807) is 11.9 Å². The van der Waals surface area contributed by atoms with Crippen LogP contribution in [0.3, 0.4) is 0 Å². The van der Waals surface area contributed by atoms with Crippen LogP contribution in [0.1, 0.15) is 33.6 Å². The van der Waals surface area contributed by atoms with Crippen LogP contribution in [0.5, 0.6) is 0 Å². The van der Waals surface area contributed by atoms with Crippen LogP contribution in [0.15, 0.2) is 0 Å². The summed E-state index contributed by atoms with van der Waals surface area (Å²) in [4.78, 5) is 24.1. The molecule has 0 aromatic rings. The van der Waals surface area contributed by atoms with E-state index in [1.165, 1.54) is 0 Å². The molecule has 0 heterocycles. The topological polar surface area (TPSA) is 69.6 Å². The van der Waals surface area contributed by atoms with E-state index >= 15 is 0 Å². The van der Waals surface area contributed by atoms with E-state index in [9.17, 15) is 9.59 Å². The smallest absolute Gasteiger partial charge is 0.321 e. The molecular weight excluding hydrogens is 208 g/mol. The summed E-state index contributed by atoms with van der Waals surface area (Å²) in [5, 5.41) is 11.8. The fraction of sp³-hybridized carbons (Fsp3) is 0.818. The van der Waals surface area contributed by atoms with Crippen molar-refractivity contribution in [1.82, 2.24) is 10.2 Å². The summed E-state index contributed by atoms with van der Waals surface area (Å²) >= 11 is 0. The summed E-state index contributed by atoms with van der Waals surface area (Å²) in [6, 6.07) is -0.753. The van der Waals surface area contributed by atoms with E-state index in [-0.39, 0.29) is 18.4 Å². The van der Waals surface area contributed by atoms with E-state index in [2.05, 4.69) is 5.32 Å². The second-order valence-electron chi connectivity index (χ2n) is 4.23. The zero-order valence-corrected chi connectivity index (χ0v) is 10.5. The molecule has 0 fully saturated rings. The number of amides is 1. The van der Waals surface area contributed by atoms with Gasteiger partial charge in [0.2, 0.25) is 5.91 Å². The Morgan fingerprint density at radius 2 is 1.94 bits per heavy atom. The van der Waals surface area contributed by atoms with Crippen LogP contribution in [0, 0.1) is 0 Å². The Morgan fingerprint density at radius 1 is 1.38 bits per heavy atom. The van der Waals surface area contributed by atoms with Crippen LogP contribution >= 0.6 is 0 Å². The summed E-state index contributed by atoms with van der Waals surface area (Å²) in [7, 11) is 1.69. The van der Waals surface area contributed by atoms with Gasteiger partial charge in [-0.3, -0.25) is 9.59 Å². The first kappa shape index (κ1) is 14.9. The van der Waals surface area contributed by atoms with Gasteiger partial charge in [-0.1, -0.05) is 20.8 Å². The highest BCUT2D eigenvalue weighted by atomic mass is 16.4. The maximum Gasteiger partial charge on any atom is 0.321 e. The highest BCUT2D eigenvalue weighted by Gasteiger charge is 2.23. The number of nitrogens with one attached hydrogen (secondary N) is 1. The number of carboxylic acid groups (broad SMARTS) is 1. The lowest BCUT2D eigenvalue weighted by molar-refractivity contribution is -0.143. The van der Waals surface area contributed by atoms with Crippen molar-refractivity contribution < 1.29 is 14.7 Å². The number of carbonyl (C=O) groups is 2. The number of carboxylic acids is 1. The first-order valence-corrected chi connectivity index (χ1v) is 5.61. The molecule has 5 heteroatoms. The Morgan fingerprint density at radius 3 is 2.31 bits per heavy atom. The lowest BCUT2D eigenvalue weighted by Crippen LogP contribution is -2.44. The highest BCUT2D eigenvalue weighted by Crippen LogP contribution is 2.00. The maximum absolute atomic E-state index is 11.7. The second kappa shape index (κ2) is 7.22. The fourth-order valence-electron chi connectivity index (χ4n) is 1.41. The molecule has 0 spiro atoms. The molecule has 0 saturated heterocycles. The van der Waals surface area contributed by atoms with Crippen molar-refractivity contribution in [2.45, 2.75) is 45.7 Å². The van der Waals surface area contributed by atoms with Gasteiger partial charge in [-0.15, -0.1) is 0 Å². The molecule has 0 radical (unpaired) electrons. The lowest BCUT2D eigenvalue weighted by Gasteiger charge is -2.21. The lowest BCUT2D eigenvalue weighted by atomic mass is 10.1. The van der Waals surface area contributed by atoms with Crippen LogP contribution in [-0.2, 0) is 9.59 Å². The Bertz CT molecular complexity index is 241. The minimum Gasteiger partial charge on any atom is -0.480 e. The van der Waals surface area contributed by atoms with Gasteiger partial charge in [0.15, 0.2) is 0 Å². The summed E-state index contributed by atoms with van der Waals surface area (Å²) < 4.78 is 0. The summed E-state index contributed by atoms with van der Waals surface area (Å²) in [6.45, 7) is 6.35. The zero-order valence-electron chi connectivity index (χ0n) is 10.5. The Balaban J connectivity index is 4.28. The van der Waals surface area contributed by atoms with Crippen LogP contribution < -0.4 is 5.32 Å². The van der Waals surface area contributed by atoms with Gasteiger partial charge in [-0.25, -0.2) is 0 Å². The van der Waals surface area contributed by atoms with Crippen LogP contribution in [0.25, 0.3) is 0 Å². The van der Waals surface area contributed by atoms with E-state index < -0.39 is 12.0 Å². The molecule has 0 aliphatic heterocycles. The number of rotatable bonds is 7. The standard InChI is InChI=1S/C11H22N2O3/c1-5-6-13(4)10(14)7-9(11(15)16)12-8(2)3/h8-9,12H,5-7H2,1-4H3,(H,15,16). The quantitative estimate of drug-likeness (QED) is 0.675. The van der Waals surface area contributed by atoms with Gasteiger partial charge < -0.3 is 15.3 Å². The first-order chi connectivity index (χ1) is 7.38. The number of aliphatic carboxylic acids is 1. The predicted molar refractivity (Wildman–Crippen MR) is 62.2 cm³/mol. The molecule has 0 aromatic heterocycles. The van der Waals surface area contributed by atoms with Gasteiger partial charge >= 0.3 is 5.97 Å². The summed E-state index contributed by atoms with van der Waals surface area (Å²) in [5.41, 5.74) is 0. The molecular formula is C11H22N2O3. The summed E-state index contributed by atoms with van der Waals surface area (Å²) in [6.07, 6.45) is 0.877. The van der Waals surface area contributed by atoms with Crippen molar-refractivity contribution in [3.05, 3.63) is 0 Å². The normalized spacial score (nSPS) is 12.6. The first-order valence-electron chi connectivity index (χ1n) is 5.61. The van der Waals surface area contributed by atoms with Crippen LogP contribution in [-0.4, -0.2) is 47.6 Å². The number of carbonyl (C=O) groups excluding carboxylic acids is 1. The molecule has 5 nitrogen and oxygen atoms in total. The van der Waals surface area contributed by atoms with E-state index in [0.29, 0.717) is 6.54 Å². The third kappa shape index (κ3) is 5.70. The average Bonchev–Trinajstić information content (AvgIpc) is 2.16. The highest BCUT2D eigenvalue weighted by molar-refractivity contribution is 5.84. The van der Waals surface area contributed by atoms with Gasteiger partial charge in [0.25, 0.3) is 0 Å². The molecule has 0 aliphatic rings. The minimum atomic E-state index is -0.980. The Hall–Kier alpha value is -1.10. The van der Waals surface area contributed by atoms with Gasteiger partial charge in [-0.2, -0.15) is 0 Å². The van der Waals surface area contributed by atoms with Crippen molar-refractivity contribution in [1.29, 1.82) is 0 Å². The predicted octanol–water partition coefficient (Wildman–Crippen LogP) is 0.696. The molecule has 0 rings (SSSR count). The number of hydrogen-bond acceptors (Lipinski definition) is 3. The molecule has 0 aliphatic carbocycles. The third-order valence-electron chi connectivity index (χ3n) is 2.20. The van der Waals surface area contributed by atoms with Crippen molar-refractivity contribution in [2.24, 2.45) is 0 Å². The monoisotopic (exact) mass is 230 g/mol. The number of nitrogens with zero attached hydrogens (tertiary/aromatic N) is 1. The van der Waals surface area contributed by atoms with Crippen molar-refractivity contribution in [3.63, 3.8) is 0 Å². The summed E-state index contributed by atoms with van der Waals surface area (Å²) in [5.74, 6) is -1.12. The Kier molecular flexibility index (Phi) is 6.72. The largest absolute Gasteiger partial charge is 0.480 e. The van der Waals surface area contributed by atoms with Gasteiger partial charge in [0.05, 0.1) is 6.42 Å². The molecule has 1 atom stereocenters. The molecule has 0 saturated carbocycles. The van der Waals surface area contributed by atoms with E-state index in [1.807, 2.05) is 20.8 Å². The van der Waals surface area contributed by atoms with Crippen molar-refractivity contribution in [2.75, 3.05) is 13.6 Å². The van der Waals surface area contributed by atoms with Crippen LogP contribution in [0.4, 0.5) is 0 Å². The van der Waals surface area contributed by atoms with Gasteiger partial charge in [0, 0.05) is 19.6 Å². The minimum absolute atomic E-state index is 0.00398. The second-order valence-corrected chi connectivity index (χ2v) is 4.23.